The Morgan fingerprint density at radius 3 is 2.30 bits per heavy atom. The molecule has 0 spiro atoms. The quantitative estimate of drug-likeness (QED) is 0.742. The lowest BCUT2D eigenvalue weighted by atomic mass is 10.2. The molecule has 0 heterocycles. The lowest BCUT2D eigenvalue weighted by Gasteiger charge is -2.13. The highest BCUT2D eigenvalue weighted by molar-refractivity contribution is 9.10. The van der Waals surface area contributed by atoms with E-state index in [0.29, 0.717) is 12.1 Å². The standard InChI is InChI=1S/C14H10BrF4NO2S/c1-8-2-5-13(11(15)6-8)23(21,22)20-9-3-4-12(16)10(7-9)14(17,18)19/h2-7,20H,1H3. The van der Waals surface area contributed by atoms with Crippen LogP contribution in [0.25, 0.3) is 0 Å². The fourth-order valence-corrected chi connectivity index (χ4v) is 4.08. The maximum atomic E-state index is 13.2. The first kappa shape index (κ1) is 17.7. The summed E-state index contributed by atoms with van der Waals surface area (Å²) in [4.78, 5) is -0.138. The molecule has 0 saturated carbocycles. The molecule has 2 aromatic carbocycles. The molecule has 9 heteroatoms. The highest BCUT2D eigenvalue weighted by atomic mass is 79.9. The summed E-state index contributed by atoms with van der Waals surface area (Å²) in [6.07, 6.45) is -4.92. The van der Waals surface area contributed by atoms with E-state index in [2.05, 4.69) is 15.9 Å². The first-order chi connectivity index (χ1) is 10.5. The van der Waals surface area contributed by atoms with Crippen LogP contribution in [-0.4, -0.2) is 8.42 Å². The van der Waals surface area contributed by atoms with Crippen molar-refractivity contribution in [2.45, 2.75) is 18.0 Å². The molecule has 0 aliphatic carbocycles. The fraction of sp³-hybridized carbons (Fsp3) is 0.143. The van der Waals surface area contributed by atoms with Crippen LogP contribution in [0.3, 0.4) is 0 Å². The van der Waals surface area contributed by atoms with Crippen molar-refractivity contribution >= 4 is 31.6 Å². The second-order valence-corrected chi connectivity index (χ2v) is 7.24. The molecule has 2 rings (SSSR count). The molecule has 0 radical (unpaired) electrons. The number of aryl methyl sites for hydroxylation is 1. The fourth-order valence-electron chi connectivity index (χ4n) is 1.84. The summed E-state index contributed by atoms with van der Waals surface area (Å²) in [5.41, 5.74) is -1.12. The van der Waals surface area contributed by atoms with Gasteiger partial charge in [-0.25, -0.2) is 12.8 Å². The number of nitrogens with one attached hydrogen (secondary N) is 1. The number of hydrogen-bond acceptors (Lipinski definition) is 2. The van der Waals surface area contributed by atoms with Crippen molar-refractivity contribution in [1.82, 2.24) is 0 Å². The topological polar surface area (TPSA) is 46.2 Å². The van der Waals surface area contributed by atoms with Crippen molar-refractivity contribution in [3.8, 4) is 0 Å². The van der Waals surface area contributed by atoms with Crippen molar-refractivity contribution in [3.63, 3.8) is 0 Å². The van der Waals surface area contributed by atoms with E-state index in [-0.39, 0.29) is 15.1 Å². The van der Waals surface area contributed by atoms with E-state index >= 15 is 0 Å². The molecule has 0 bridgehead atoms. The van der Waals surface area contributed by atoms with Crippen LogP contribution in [0.5, 0.6) is 0 Å². The Morgan fingerprint density at radius 2 is 1.74 bits per heavy atom. The molecule has 0 atom stereocenters. The molecule has 0 aliphatic rings. The smallest absolute Gasteiger partial charge is 0.280 e. The van der Waals surface area contributed by atoms with Crippen molar-refractivity contribution in [1.29, 1.82) is 0 Å². The number of rotatable bonds is 3. The van der Waals surface area contributed by atoms with E-state index in [9.17, 15) is 26.0 Å². The third kappa shape index (κ3) is 4.03. The van der Waals surface area contributed by atoms with Crippen molar-refractivity contribution < 1.29 is 26.0 Å². The summed E-state index contributed by atoms with van der Waals surface area (Å²) in [6, 6.07) is 6.31. The zero-order chi connectivity index (χ0) is 17.4. The number of anilines is 1. The normalized spacial score (nSPS) is 12.3. The molecule has 0 saturated heterocycles. The van der Waals surface area contributed by atoms with Gasteiger partial charge in [0.25, 0.3) is 10.0 Å². The van der Waals surface area contributed by atoms with E-state index in [0.717, 1.165) is 11.6 Å². The second-order valence-electron chi connectivity index (χ2n) is 4.73. The van der Waals surface area contributed by atoms with Gasteiger partial charge in [0.2, 0.25) is 0 Å². The van der Waals surface area contributed by atoms with Crippen LogP contribution in [0.4, 0.5) is 23.2 Å². The third-order valence-electron chi connectivity index (χ3n) is 2.90. The van der Waals surface area contributed by atoms with Gasteiger partial charge in [-0.1, -0.05) is 6.07 Å². The van der Waals surface area contributed by atoms with E-state index in [1.807, 2.05) is 4.72 Å². The number of benzene rings is 2. The molecule has 3 nitrogen and oxygen atoms in total. The minimum atomic E-state index is -4.92. The van der Waals surface area contributed by atoms with Crippen LogP contribution in [0.15, 0.2) is 45.8 Å². The molecule has 2 aromatic rings. The van der Waals surface area contributed by atoms with Gasteiger partial charge in [0.1, 0.15) is 10.7 Å². The third-order valence-corrected chi connectivity index (χ3v) is 5.26. The summed E-state index contributed by atoms with van der Waals surface area (Å²) in [5.74, 6) is -1.48. The predicted octanol–water partition coefficient (Wildman–Crippen LogP) is 4.72. The van der Waals surface area contributed by atoms with Crippen molar-refractivity contribution in [2.75, 3.05) is 4.72 Å². The Kier molecular flexibility index (Phi) is 4.72. The Balaban J connectivity index is 2.42. The number of sulfonamides is 1. The molecular weight excluding hydrogens is 402 g/mol. The SMILES string of the molecule is Cc1ccc(S(=O)(=O)Nc2ccc(F)c(C(F)(F)F)c2)c(Br)c1. The van der Waals surface area contributed by atoms with Crippen LogP contribution in [-0.2, 0) is 16.2 Å². The van der Waals surface area contributed by atoms with Gasteiger partial charge in [-0.2, -0.15) is 13.2 Å². The Bertz CT molecular complexity index is 850. The predicted molar refractivity (Wildman–Crippen MR) is 81.1 cm³/mol. The molecular formula is C14H10BrF4NO2S. The average Bonchev–Trinajstić information content (AvgIpc) is 2.39. The van der Waals surface area contributed by atoms with Gasteiger partial charge in [-0.3, -0.25) is 4.72 Å². The minimum absolute atomic E-state index is 0.138. The van der Waals surface area contributed by atoms with Gasteiger partial charge in [0.15, 0.2) is 0 Å². The Hall–Kier alpha value is -1.61. The van der Waals surface area contributed by atoms with Crippen LogP contribution in [0.2, 0.25) is 0 Å². The van der Waals surface area contributed by atoms with E-state index in [1.165, 1.54) is 6.07 Å². The lowest BCUT2D eigenvalue weighted by molar-refractivity contribution is -0.139. The molecule has 0 unspecified atom stereocenters. The van der Waals surface area contributed by atoms with Gasteiger partial charge < -0.3 is 0 Å². The molecule has 0 amide bonds. The molecule has 23 heavy (non-hydrogen) atoms. The zero-order valence-electron chi connectivity index (χ0n) is 11.6. The summed E-state index contributed by atoms with van der Waals surface area (Å²) >= 11 is 3.09. The maximum absolute atomic E-state index is 13.2. The number of alkyl halides is 3. The highest BCUT2D eigenvalue weighted by Crippen LogP contribution is 2.34. The zero-order valence-corrected chi connectivity index (χ0v) is 14.0. The largest absolute Gasteiger partial charge is 0.419 e. The van der Waals surface area contributed by atoms with E-state index in [4.69, 9.17) is 0 Å². The van der Waals surface area contributed by atoms with Crippen molar-refractivity contribution in [3.05, 3.63) is 57.8 Å². The van der Waals surface area contributed by atoms with Gasteiger partial charge in [0, 0.05) is 10.2 Å². The molecule has 124 valence electrons. The van der Waals surface area contributed by atoms with E-state index in [1.54, 1.807) is 19.1 Å². The first-order valence-corrected chi connectivity index (χ1v) is 8.44. The molecule has 0 aromatic heterocycles. The maximum Gasteiger partial charge on any atom is 0.419 e. The molecule has 1 N–H and O–H groups in total. The van der Waals surface area contributed by atoms with Gasteiger partial charge in [0.05, 0.1) is 5.56 Å². The van der Waals surface area contributed by atoms with Gasteiger partial charge >= 0.3 is 6.18 Å². The summed E-state index contributed by atoms with van der Waals surface area (Å²) in [6.45, 7) is 1.75. The van der Waals surface area contributed by atoms with Crippen LogP contribution in [0, 0.1) is 12.7 Å². The first-order valence-electron chi connectivity index (χ1n) is 6.16. The van der Waals surface area contributed by atoms with Crippen LogP contribution < -0.4 is 4.72 Å². The van der Waals surface area contributed by atoms with Crippen LogP contribution >= 0.6 is 15.9 Å². The van der Waals surface area contributed by atoms with Crippen LogP contribution in [0.1, 0.15) is 11.1 Å². The molecule has 0 aliphatic heterocycles. The van der Waals surface area contributed by atoms with Crippen molar-refractivity contribution in [2.24, 2.45) is 0 Å². The number of hydrogen-bond donors (Lipinski definition) is 1. The summed E-state index contributed by atoms with van der Waals surface area (Å²) in [5, 5.41) is 0. The highest BCUT2D eigenvalue weighted by Gasteiger charge is 2.34. The second kappa shape index (κ2) is 6.12. The lowest BCUT2D eigenvalue weighted by Crippen LogP contribution is -2.15. The number of halogens is 5. The minimum Gasteiger partial charge on any atom is -0.280 e. The average molecular weight is 412 g/mol. The molecule has 0 fully saturated rings. The summed E-state index contributed by atoms with van der Waals surface area (Å²) < 4.78 is 78.0. The van der Waals surface area contributed by atoms with E-state index < -0.39 is 27.6 Å². The summed E-state index contributed by atoms with van der Waals surface area (Å²) in [7, 11) is -4.12. The van der Waals surface area contributed by atoms with Gasteiger partial charge in [-0.15, -0.1) is 0 Å². The Labute approximate surface area is 138 Å². The monoisotopic (exact) mass is 411 g/mol. The van der Waals surface area contributed by atoms with Gasteiger partial charge in [-0.05, 0) is 58.7 Å². The Morgan fingerprint density at radius 1 is 1.09 bits per heavy atom.